The molecule has 72 valence electrons. The van der Waals surface area contributed by atoms with Crippen LogP contribution in [-0.2, 0) is 0 Å². The van der Waals surface area contributed by atoms with Crippen LogP contribution in [0.2, 0.25) is 0 Å². The minimum atomic E-state index is 0.610. The molecule has 0 fully saturated rings. The molecule has 1 atom stereocenters. The minimum absolute atomic E-state index is 0.610. The summed E-state index contributed by atoms with van der Waals surface area (Å²) in [6, 6.07) is 0. The van der Waals surface area contributed by atoms with Crippen LogP contribution in [0.15, 0.2) is 12.7 Å². The molecule has 0 aromatic heterocycles. The highest BCUT2D eigenvalue weighted by atomic mass is 15.1. The fourth-order valence-corrected chi connectivity index (χ4v) is 1.20. The SMILES string of the molecule is C=CCCCN(C)CC(C)CN. The summed E-state index contributed by atoms with van der Waals surface area (Å²) < 4.78 is 0. The Labute approximate surface area is 76.4 Å². The number of nitrogens with two attached hydrogens (primary N) is 1. The molecule has 0 rings (SSSR count). The van der Waals surface area contributed by atoms with Crippen molar-refractivity contribution in [1.29, 1.82) is 0 Å². The van der Waals surface area contributed by atoms with E-state index in [9.17, 15) is 0 Å². The van der Waals surface area contributed by atoms with E-state index >= 15 is 0 Å². The molecule has 0 spiro atoms. The summed E-state index contributed by atoms with van der Waals surface area (Å²) in [5, 5.41) is 0. The molecular weight excluding hydrogens is 148 g/mol. The Morgan fingerprint density at radius 1 is 1.58 bits per heavy atom. The van der Waals surface area contributed by atoms with Gasteiger partial charge in [0.1, 0.15) is 0 Å². The summed E-state index contributed by atoms with van der Waals surface area (Å²) in [4.78, 5) is 2.33. The fourth-order valence-electron chi connectivity index (χ4n) is 1.20. The number of hydrogen-bond acceptors (Lipinski definition) is 2. The van der Waals surface area contributed by atoms with Gasteiger partial charge in [-0.25, -0.2) is 0 Å². The van der Waals surface area contributed by atoms with Gasteiger partial charge in [0.2, 0.25) is 0 Å². The maximum absolute atomic E-state index is 5.53. The van der Waals surface area contributed by atoms with Gasteiger partial charge >= 0.3 is 0 Å². The maximum atomic E-state index is 5.53. The van der Waals surface area contributed by atoms with Crippen molar-refractivity contribution in [2.45, 2.75) is 19.8 Å². The predicted molar refractivity (Wildman–Crippen MR) is 55.1 cm³/mol. The van der Waals surface area contributed by atoms with Crippen LogP contribution in [0.3, 0.4) is 0 Å². The fraction of sp³-hybridized carbons (Fsp3) is 0.800. The van der Waals surface area contributed by atoms with Crippen LogP contribution in [0.4, 0.5) is 0 Å². The molecule has 2 heteroatoms. The number of allylic oxidation sites excluding steroid dienone is 1. The van der Waals surface area contributed by atoms with Gasteiger partial charge in [0, 0.05) is 6.54 Å². The average Bonchev–Trinajstić information content (AvgIpc) is 2.05. The molecule has 0 aromatic rings. The third kappa shape index (κ3) is 6.38. The molecule has 1 unspecified atom stereocenters. The molecule has 0 amide bonds. The first kappa shape index (κ1) is 11.7. The monoisotopic (exact) mass is 170 g/mol. The normalized spacial score (nSPS) is 13.3. The van der Waals surface area contributed by atoms with E-state index < -0.39 is 0 Å². The molecule has 12 heavy (non-hydrogen) atoms. The predicted octanol–water partition coefficient (Wildman–Crippen LogP) is 1.48. The van der Waals surface area contributed by atoms with Gasteiger partial charge in [-0.3, -0.25) is 0 Å². The Balaban J connectivity index is 3.32. The van der Waals surface area contributed by atoms with Gasteiger partial charge in [0.05, 0.1) is 0 Å². The lowest BCUT2D eigenvalue weighted by atomic mass is 10.1. The second kappa shape index (κ2) is 7.32. The number of rotatable bonds is 7. The summed E-state index contributed by atoms with van der Waals surface area (Å²) in [7, 11) is 2.15. The van der Waals surface area contributed by atoms with Crippen LogP contribution in [0, 0.1) is 5.92 Å². The van der Waals surface area contributed by atoms with Crippen molar-refractivity contribution in [2.75, 3.05) is 26.7 Å². The third-order valence-electron chi connectivity index (χ3n) is 1.97. The Kier molecular flexibility index (Phi) is 7.11. The quantitative estimate of drug-likeness (QED) is 0.463. The first-order chi connectivity index (χ1) is 5.70. The topological polar surface area (TPSA) is 29.3 Å². The van der Waals surface area contributed by atoms with Crippen molar-refractivity contribution < 1.29 is 0 Å². The van der Waals surface area contributed by atoms with Gasteiger partial charge in [0.15, 0.2) is 0 Å². The van der Waals surface area contributed by atoms with E-state index in [2.05, 4.69) is 25.5 Å². The Bertz CT molecular complexity index is 112. The average molecular weight is 170 g/mol. The summed E-state index contributed by atoms with van der Waals surface area (Å²) in [5.41, 5.74) is 5.53. The summed E-state index contributed by atoms with van der Waals surface area (Å²) in [6.45, 7) is 8.92. The molecule has 0 aliphatic carbocycles. The highest BCUT2D eigenvalue weighted by molar-refractivity contribution is 4.67. The van der Waals surface area contributed by atoms with Crippen molar-refractivity contribution in [3.8, 4) is 0 Å². The standard InChI is InChI=1S/C10H22N2/c1-4-5-6-7-12(3)9-10(2)8-11/h4,10H,1,5-9,11H2,2-3H3. The zero-order valence-electron chi connectivity index (χ0n) is 8.42. The van der Waals surface area contributed by atoms with E-state index in [1.165, 1.54) is 6.42 Å². The van der Waals surface area contributed by atoms with E-state index in [0.717, 1.165) is 26.1 Å². The van der Waals surface area contributed by atoms with Crippen molar-refractivity contribution in [2.24, 2.45) is 11.7 Å². The highest BCUT2D eigenvalue weighted by Gasteiger charge is 2.02. The second-order valence-electron chi connectivity index (χ2n) is 3.53. The number of nitrogens with zero attached hydrogens (tertiary/aromatic N) is 1. The van der Waals surface area contributed by atoms with E-state index in [1.807, 2.05) is 6.08 Å². The molecule has 0 saturated carbocycles. The van der Waals surface area contributed by atoms with E-state index in [-0.39, 0.29) is 0 Å². The second-order valence-corrected chi connectivity index (χ2v) is 3.53. The van der Waals surface area contributed by atoms with Gasteiger partial charge < -0.3 is 10.6 Å². The van der Waals surface area contributed by atoms with Crippen LogP contribution in [0.5, 0.6) is 0 Å². The Morgan fingerprint density at radius 3 is 2.75 bits per heavy atom. The van der Waals surface area contributed by atoms with E-state index in [1.54, 1.807) is 0 Å². The molecule has 0 bridgehead atoms. The molecule has 0 heterocycles. The Hall–Kier alpha value is -0.340. The molecule has 2 N–H and O–H groups in total. The van der Waals surface area contributed by atoms with Crippen molar-refractivity contribution in [1.82, 2.24) is 4.90 Å². The Morgan fingerprint density at radius 2 is 2.25 bits per heavy atom. The van der Waals surface area contributed by atoms with Gasteiger partial charge in [0.25, 0.3) is 0 Å². The zero-order valence-corrected chi connectivity index (χ0v) is 8.42. The summed E-state index contributed by atoms with van der Waals surface area (Å²) in [6.07, 6.45) is 4.29. The molecular formula is C10H22N2. The third-order valence-corrected chi connectivity index (χ3v) is 1.97. The van der Waals surface area contributed by atoms with Gasteiger partial charge in [-0.2, -0.15) is 0 Å². The lowest BCUT2D eigenvalue weighted by Gasteiger charge is -2.19. The lowest BCUT2D eigenvalue weighted by molar-refractivity contribution is 0.286. The number of hydrogen-bond donors (Lipinski definition) is 1. The smallest absolute Gasteiger partial charge is 0.00160 e. The van der Waals surface area contributed by atoms with Crippen molar-refractivity contribution >= 4 is 0 Å². The minimum Gasteiger partial charge on any atom is -0.330 e. The summed E-state index contributed by atoms with van der Waals surface area (Å²) in [5.74, 6) is 0.610. The van der Waals surface area contributed by atoms with Crippen LogP contribution in [0.1, 0.15) is 19.8 Å². The van der Waals surface area contributed by atoms with Crippen LogP contribution >= 0.6 is 0 Å². The summed E-state index contributed by atoms with van der Waals surface area (Å²) >= 11 is 0. The van der Waals surface area contributed by atoms with E-state index in [4.69, 9.17) is 5.73 Å². The first-order valence-electron chi connectivity index (χ1n) is 4.70. The number of unbranched alkanes of at least 4 members (excludes halogenated alkanes) is 1. The maximum Gasteiger partial charge on any atom is 0.00160 e. The largest absolute Gasteiger partial charge is 0.330 e. The van der Waals surface area contributed by atoms with Gasteiger partial charge in [-0.05, 0) is 38.9 Å². The van der Waals surface area contributed by atoms with Gasteiger partial charge in [-0.15, -0.1) is 6.58 Å². The molecule has 0 aliphatic rings. The first-order valence-corrected chi connectivity index (χ1v) is 4.70. The van der Waals surface area contributed by atoms with Gasteiger partial charge in [-0.1, -0.05) is 13.0 Å². The van der Waals surface area contributed by atoms with Crippen LogP contribution < -0.4 is 5.73 Å². The van der Waals surface area contributed by atoms with Crippen LogP contribution in [0.25, 0.3) is 0 Å². The molecule has 0 aromatic carbocycles. The zero-order chi connectivity index (χ0) is 9.40. The molecule has 0 aliphatic heterocycles. The van der Waals surface area contributed by atoms with Crippen LogP contribution in [-0.4, -0.2) is 31.6 Å². The molecule has 0 radical (unpaired) electrons. The van der Waals surface area contributed by atoms with Crippen molar-refractivity contribution in [3.05, 3.63) is 12.7 Å². The van der Waals surface area contributed by atoms with E-state index in [0.29, 0.717) is 5.92 Å². The lowest BCUT2D eigenvalue weighted by Crippen LogP contribution is -2.29. The molecule has 2 nitrogen and oxygen atoms in total. The highest BCUT2D eigenvalue weighted by Crippen LogP contribution is 1.98. The van der Waals surface area contributed by atoms with Crippen molar-refractivity contribution in [3.63, 3.8) is 0 Å². The molecule has 0 saturated heterocycles.